The third-order valence-corrected chi connectivity index (χ3v) is 9.89. The molecule has 294 valence electrons. The Labute approximate surface area is 305 Å². The molecule has 0 aromatic carbocycles. The highest BCUT2D eigenvalue weighted by Gasteiger charge is 2.44. The summed E-state index contributed by atoms with van der Waals surface area (Å²) < 4.78 is 11.2. The number of unbranched alkanes of at least 4 members (excludes halogenated alkanes) is 19. The van der Waals surface area contributed by atoms with Crippen molar-refractivity contribution in [1.29, 1.82) is 0 Å². The largest absolute Gasteiger partial charge is 0.394 e. The van der Waals surface area contributed by atoms with Crippen LogP contribution >= 0.6 is 0 Å². The molecule has 2 unspecified atom stereocenters. The maximum absolute atomic E-state index is 12.9. The normalized spacial score (nSPS) is 22.6. The van der Waals surface area contributed by atoms with Crippen LogP contribution in [-0.4, -0.2) is 87.5 Å². The summed E-state index contributed by atoms with van der Waals surface area (Å²) in [4.78, 5) is 12.9. The molecule has 1 heterocycles. The Morgan fingerprint density at radius 2 is 1.22 bits per heavy atom. The first kappa shape index (κ1) is 46.7. The Hall–Kier alpha value is -1.33. The molecule has 0 radical (unpaired) electrons. The van der Waals surface area contributed by atoms with E-state index < -0.39 is 49.5 Å². The fraction of sp³-hybridized carbons (Fsp3) is 0.878. The molecule has 6 N–H and O–H groups in total. The molecule has 0 saturated carbocycles. The van der Waals surface area contributed by atoms with Crippen molar-refractivity contribution >= 4 is 5.91 Å². The summed E-state index contributed by atoms with van der Waals surface area (Å²) in [5, 5.41) is 54.0. The zero-order chi connectivity index (χ0) is 36.8. The molecule has 0 spiro atoms. The molecule has 50 heavy (non-hydrogen) atoms. The van der Waals surface area contributed by atoms with Gasteiger partial charge in [0.05, 0.1) is 25.4 Å². The second kappa shape index (κ2) is 31.2. The minimum absolute atomic E-state index is 0.188. The monoisotopic (exact) mass is 712 g/mol. The summed E-state index contributed by atoms with van der Waals surface area (Å²) in [6.45, 7) is 5.90. The molecule has 1 rings (SSSR count). The Morgan fingerprint density at radius 3 is 1.74 bits per heavy atom. The number of aliphatic hydroxyl groups is 5. The van der Waals surface area contributed by atoms with E-state index in [1.54, 1.807) is 6.08 Å². The molecule has 7 atom stereocenters. The first-order valence-corrected chi connectivity index (χ1v) is 20.5. The molecule has 9 nitrogen and oxygen atoms in total. The van der Waals surface area contributed by atoms with Crippen LogP contribution in [0.5, 0.6) is 0 Å². The van der Waals surface area contributed by atoms with Crippen LogP contribution in [0.25, 0.3) is 0 Å². The zero-order valence-corrected chi connectivity index (χ0v) is 32.1. The summed E-state index contributed by atoms with van der Waals surface area (Å²) in [5.74, 6) is -0.188. The molecule has 9 heteroatoms. The minimum atomic E-state index is -1.57. The van der Waals surface area contributed by atoms with Gasteiger partial charge in [-0.3, -0.25) is 4.79 Å². The first-order chi connectivity index (χ1) is 24.2. The van der Waals surface area contributed by atoms with Crippen molar-refractivity contribution in [3.05, 3.63) is 23.8 Å². The van der Waals surface area contributed by atoms with Crippen LogP contribution in [0, 0.1) is 0 Å². The summed E-state index contributed by atoms with van der Waals surface area (Å²) in [7, 11) is 0. The molecule has 1 aliphatic rings. The quantitative estimate of drug-likeness (QED) is 0.0310. The highest BCUT2D eigenvalue weighted by molar-refractivity contribution is 5.76. The number of rotatable bonds is 32. The van der Waals surface area contributed by atoms with Crippen molar-refractivity contribution in [2.75, 3.05) is 13.2 Å². The van der Waals surface area contributed by atoms with Crippen LogP contribution < -0.4 is 5.32 Å². The number of hydrogen-bond acceptors (Lipinski definition) is 8. The van der Waals surface area contributed by atoms with Crippen LogP contribution in [0.4, 0.5) is 0 Å². The van der Waals surface area contributed by atoms with Crippen LogP contribution in [0.2, 0.25) is 0 Å². The molecule has 0 aliphatic carbocycles. The smallest absolute Gasteiger partial charge is 0.220 e. The number of carbonyl (C=O) groups is 1. The van der Waals surface area contributed by atoms with Crippen molar-refractivity contribution in [3.8, 4) is 0 Å². The molecular formula is C41H77NO8. The average Bonchev–Trinajstić information content (AvgIpc) is 3.11. The van der Waals surface area contributed by atoms with Gasteiger partial charge >= 0.3 is 0 Å². The van der Waals surface area contributed by atoms with E-state index in [1.165, 1.54) is 115 Å². The molecule has 1 aliphatic heterocycles. The van der Waals surface area contributed by atoms with Gasteiger partial charge in [0.15, 0.2) is 6.29 Å². The third-order valence-electron chi connectivity index (χ3n) is 9.89. The summed E-state index contributed by atoms with van der Waals surface area (Å²) >= 11 is 0. The van der Waals surface area contributed by atoms with Gasteiger partial charge in [-0.1, -0.05) is 153 Å². The standard InChI is InChI=1S/C41H77NO8/c1-4-6-8-10-12-13-14-15-16-17-19-21-26-30-37(45)42-34(32-49-41-40(48)39(47)38(46)36(31-43)50-41)35(44)29-25-22-24-28-33(3)27-23-20-18-11-9-7-5-2/h25,28-29,34-36,38-41,43-44,46-48H,4-24,26-27,30-32H2,1-3H3,(H,42,45)/b29-25+,33-28+/t34?,35?,36-,38-,39+,40-,41-/m1/s1. The molecule has 0 bridgehead atoms. The topological polar surface area (TPSA) is 149 Å². The second-order valence-corrected chi connectivity index (χ2v) is 14.6. The number of amides is 1. The number of ether oxygens (including phenoxy) is 2. The fourth-order valence-corrected chi connectivity index (χ4v) is 6.47. The Morgan fingerprint density at radius 1 is 0.720 bits per heavy atom. The molecular weight excluding hydrogens is 634 g/mol. The van der Waals surface area contributed by atoms with Crippen LogP contribution in [-0.2, 0) is 14.3 Å². The summed E-state index contributed by atoms with van der Waals surface area (Å²) in [6, 6.07) is -0.817. The van der Waals surface area contributed by atoms with Gasteiger partial charge in [-0.25, -0.2) is 0 Å². The van der Waals surface area contributed by atoms with E-state index in [2.05, 4.69) is 32.2 Å². The van der Waals surface area contributed by atoms with Gasteiger partial charge in [0, 0.05) is 6.42 Å². The first-order valence-electron chi connectivity index (χ1n) is 20.5. The molecule has 0 aromatic heterocycles. The van der Waals surface area contributed by atoms with Crippen molar-refractivity contribution in [2.24, 2.45) is 0 Å². The molecule has 1 saturated heterocycles. The lowest BCUT2D eigenvalue weighted by Crippen LogP contribution is -2.60. The van der Waals surface area contributed by atoms with E-state index in [-0.39, 0.29) is 12.5 Å². The fourth-order valence-electron chi connectivity index (χ4n) is 6.47. The maximum Gasteiger partial charge on any atom is 0.220 e. The lowest BCUT2D eigenvalue weighted by molar-refractivity contribution is -0.302. The lowest BCUT2D eigenvalue weighted by Gasteiger charge is -2.40. The summed E-state index contributed by atoms with van der Waals surface area (Å²) in [5.41, 5.74) is 1.39. The van der Waals surface area contributed by atoms with Crippen molar-refractivity contribution < 1.29 is 39.8 Å². The van der Waals surface area contributed by atoms with Gasteiger partial charge < -0.3 is 40.3 Å². The number of nitrogens with one attached hydrogen (secondary N) is 1. The van der Waals surface area contributed by atoms with Gasteiger partial charge in [-0.05, 0) is 39.0 Å². The predicted octanol–water partition coefficient (Wildman–Crippen LogP) is 7.55. The van der Waals surface area contributed by atoms with Gasteiger partial charge in [0.1, 0.15) is 24.4 Å². The Balaban J connectivity index is 2.51. The van der Waals surface area contributed by atoms with Gasteiger partial charge in [-0.2, -0.15) is 0 Å². The number of allylic oxidation sites excluding steroid dienone is 3. The van der Waals surface area contributed by atoms with E-state index in [0.717, 1.165) is 38.5 Å². The second-order valence-electron chi connectivity index (χ2n) is 14.6. The van der Waals surface area contributed by atoms with Crippen LogP contribution in [0.3, 0.4) is 0 Å². The number of aliphatic hydroxyl groups excluding tert-OH is 5. The zero-order valence-electron chi connectivity index (χ0n) is 32.1. The van der Waals surface area contributed by atoms with E-state index in [9.17, 15) is 30.3 Å². The SMILES string of the molecule is CCCCCCCCCCCCCCCC(=O)NC(CO[C@@H]1O[C@H](CO)[C@@H](O)[C@H](O)[C@H]1O)C(O)/C=C/CC/C=C(\C)CCCCCCCCC. The van der Waals surface area contributed by atoms with E-state index in [0.29, 0.717) is 6.42 Å². The number of carbonyl (C=O) groups excluding carboxylic acids is 1. The van der Waals surface area contributed by atoms with Gasteiger partial charge in [-0.15, -0.1) is 0 Å². The molecule has 0 aromatic rings. The maximum atomic E-state index is 12.9. The van der Waals surface area contributed by atoms with E-state index >= 15 is 0 Å². The third kappa shape index (κ3) is 22.6. The van der Waals surface area contributed by atoms with Crippen molar-refractivity contribution in [2.45, 2.75) is 218 Å². The van der Waals surface area contributed by atoms with Gasteiger partial charge in [0.2, 0.25) is 5.91 Å². The van der Waals surface area contributed by atoms with Gasteiger partial charge in [0.25, 0.3) is 0 Å². The lowest BCUT2D eigenvalue weighted by atomic mass is 9.99. The number of hydrogen-bond donors (Lipinski definition) is 6. The van der Waals surface area contributed by atoms with E-state index in [1.807, 2.05) is 6.08 Å². The highest BCUT2D eigenvalue weighted by Crippen LogP contribution is 2.22. The summed E-state index contributed by atoms with van der Waals surface area (Å²) in [6.07, 6.45) is 25.8. The predicted molar refractivity (Wildman–Crippen MR) is 203 cm³/mol. The minimum Gasteiger partial charge on any atom is -0.394 e. The van der Waals surface area contributed by atoms with Crippen LogP contribution in [0.15, 0.2) is 23.8 Å². The van der Waals surface area contributed by atoms with Crippen LogP contribution in [0.1, 0.15) is 175 Å². The molecule has 1 amide bonds. The Bertz CT molecular complexity index is 866. The Kier molecular flexibility index (Phi) is 29.2. The molecule has 1 fully saturated rings. The highest BCUT2D eigenvalue weighted by atomic mass is 16.7. The van der Waals surface area contributed by atoms with E-state index in [4.69, 9.17) is 9.47 Å². The van der Waals surface area contributed by atoms with Crippen molar-refractivity contribution in [1.82, 2.24) is 5.32 Å². The van der Waals surface area contributed by atoms with Crippen molar-refractivity contribution in [3.63, 3.8) is 0 Å². The average molecular weight is 712 g/mol.